The summed E-state index contributed by atoms with van der Waals surface area (Å²) in [5.41, 5.74) is 0. The Morgan fingerprint density at radius 3 is 2.71 bits per heavy atom. The predicted molar refractivity (Wildman–Crippen MR) is 76.6 cm³/mol. The Kier molecular flexibility index (Phi) is 4.50. The van der Waals surface area contributed by atoms with Gasteiger partial charge in [-0.25, -0.2) is 9.67 Å². The number of aliphatic hydroxyl groups is 1. The van der Waals surface area contributed by atoms with Crippen LogP contribution in [0.1, 0.15) is 31.7 Å². The number of aromatic nitrogens is 3. The van der Waals surface area contributed by atoms with E-state index in [1.807, 2.05) is 4.68 Å². The zero-order chi connectivity index (χ0) is 14.7. The minimum Gasteiger partial charge on any atom is -0.390 e. The van der Waals surface area contributed by atoms with Crippen molar-refractivity contribution in [2.45, 2.75) is 37.8 Å². The Morgan fingerprint density at radius 1 is 1.29 bits per heavy atom. The molecule has 0 saturated carbocycles. The summed E-state index contributed by atoms with van der Waals surface area (Å²) < 4.78 is 1.93. The van der Waals surface area contributed by atoms with Crippen LogP contribution in [0.5, 0.6) is 0 Å². The molecular formula is C14H23N5O2. The van der Waals surface area contributed by atoms with Gasteiger partial charge in [0.15, 0.2) is 0 Å². The standard InChI is InChI=1S/C14H23N5O2/c20-13(9-18-5-1-2-14(18)21)8-17-6-3-12(4-7-17)19-11-15-10-16-19/h10-13,20H,1-9H2. The molecule has 116 valence electrons. The SMILES string of the molecule is O=C1CCCN1CC(O)CN1CCC(n2cncn2)CC1. The number of β-amino-alcohol motifs (C(OH)–C–C–N with tert-alkyl or cyclic N) is 1. The van der Waals surface area contributed by atoms with Gasteiger partial charge in [0.25, 0.3) is 0 Å². The largest absolute Gasteiger partial charge is 0.390 e. The van der Waals surface area contributed by atoms with E-state index >= 15 is 0 Å². The Hall–Kier alpha value is -1.47. The van der Waals surface area contributed by atoms with Crippen LogP contribution in [0.2, 0.25) is 0 Å². The minimum absolute atomic E-state index is 0.180. The quantitative estimate of drug-likeness (QED) is 0.820. The van der Waals surface area contributed by atoms with Crippen molar-refractivity contribution in [2.75, 3.05) is 32.7 Å². The zero-order valence-corrected chi connectivity index (χ0v) is 12.3. The molecule has 7 heteroatoms. The molecular weight excluding hydrogens is 270 g/mol. The van der Waals surface area contributed by atoms with E-state index in [2.05, 4.69) is 15.0 Å². The van der Waals surface area contributed by atoms with Gasteiger partial charge in [0.2, 0.25) is 5.91 Å². The van der Waals surface area contributed by atoms with Crippen molar-refractivity contribution < 1.29 is 9.90 Å². The molecule has 0 radical (unpaired) electrons. The van der Waals surface area contributed by atoms with Gasteiger partial charge in [-0.1, -0.05) is 0 Å². The minimum atomic E-state index is -0.449. The van der Waals surface area contributed by atoms with Crippen molar-refractivity contribution in [1.29, 1.82) is 0 Å². The monoisotopic (exact) mass is 293 g/mol. The lowest BCUT2D eigenvalue weighted by Gasteiger charge is -2.33. The molecule has 0 aliphatic carbocycles. The van der Waals surface area contributed by atoms with Crippen LogP contribution in [0, 0.1) is 0 Å². The molecule has 3 rings (SSSR count). The molecule has 1 aromatic heterocycles. The maximum absolute atomic E-state index is 11.6. The number of hydrogen-bond donors (Lipinski definition) is 1. The molecule has 7 nitrogen and oxygen atoms in total. The molecule has 21 heavy (non-hydrogen) atoms. The summed E-state index contributed by atoms with van der Waals surface area (Å²) in [5.74, 6) is 0.180. The van der Waals surface area contributed by atoms with Crippen LogP contribution >= 0.6 is 0 Å². The molecule has 1 aromatic rings. The van der Waals surface area contributed by atoms with E-state index in [1.165, 1.54) is 0 Å². The van der Waals surface area contributed by atoms with Crippen LogP contribution in [0.15, 0.2) is 12.7 Å². The second-order valence-electron chi connectivity index (χ2n) is 6.00. The van der Waals surface area contributed by atoms with Gasteiger partial charge in [-0.2, -0.15) is 5.10 Å². The molecule has 0 spiro atoms. The number of piperidine rings is 1. The number of hydrogen-bond acceptors (Lipinski definition) is 5. The summed E-state index contributed by atoms with van der Waals surface area (Å²) in [4.78, 5) is 19.6. The number of carbonyl (C=O) groups excluding carboxylic acids is 1. The van der Waals surface area contributed by atoms with Crippen LogP contribution in [-0.2, 0) is 4.79 Å². The fourth-order valence-corrected chi connectivity index (χ4v) is 3.28. The smallest absolute Gasteiger partial charge is 0.222 e. The zero-order valence-electron chi connectivity index (χ0n) is 12.3. The molecule has 1 N–H and O–H groups in total. The van der Waals surface area contributed by atoms with Gasteiger partial charge in [0.05, 0.1) is 12.1 Å². The van der Waals surface area contributed by atoms with E-state index in [-0.39, 0.29) is 5.91 Å². The first-order chi connectivity index (χ1) is 10.2. The van der Waals surface area contributed by atoms with Crippen molar-refractivity contribution >= 4 is 5.91 Å². The van der Waals surface area contributed by atoms with Crippen LogP contribution < -0.4 is 0 Å². The summed E-state index contributed by atoms with van der Waals surface area (Å²) >= 11 is 0. The molecule has 2 fully saturated rings. The molecule has 3 heterocycles. The Balaban J connectivity index is 1.41. The Labute approximate surface area is 124 Å². The normalized spacial score (nSPS) is 22.9. The summed E-state index contributed by atoms with van der Waals surface area (Å²) in [6.07, 6.45) is 6.51. The molecule has 2 saturated heterocycles. The Morgan fingerprint density at radius 2 is 2.10 bits per heavy atom. The molecule has 1 amide bonds. The summed E-state index contributed by atoms with van der Waals surface area (Å²) in [6.45, 7) is 3.82. The fourth-order valence-electron chi connectivity index (χ4n) is 3.28. The summed E-state index contributed by atoms with van der Waals surface area (Å²) in [6, 6.07) is 0.418. The lowest BCUT2D eigenvalue weighted by atomic mass is 10.0. The maximum Gasteiger partial charge on any atom is 0.222 e. The third kappa shape index (κ3) is 3.59. The first-order valence-corrected chi connectivity index (χ1v) is 7.74. The number of rotatable bonds is 5. The van der Waals surface area contributed by atoms with Gasteiger partial charge >= 0.3 is 0 Å². The number of aliphatic hydroxyl groups excluding tert-OH is 1. The number of amides is 1. The molecule has 1 unspecified atom stereocenters. The number of likely N-dealkylation sites (tertiary alicyclic amines) is 2. The van der Waals surface area contributed by atoms with Gasteiger partial charge < -0.3 is 14.9 Å². The molecule has 2 aliphatic rings. The highest BCUT2D eigenvalue weighted by atomic mass is 16.3. The highest BCUT2D eigenvalue weighted by Gasteiger charge is 2.26. The summed E-state index contributed by atoms with van der Waals surface area (Å²) in [7, 11) is 0. The Bertz CT molecular complexity index is 456. The lowest BCUT2D eigenvalue weighted by Crippen LogP contribution is -2.43. The second-order valence-corrected chi connectivity index (χ2v) is 6.00. The van der Waals surface area contributed by atoms with E-state index < -0.39 is 6.10 Å². The van der Waals surface area contributed by atoms with Crippen LogP contribution in [-0.4, -0.2) is 74.4 Å². The molecule has 0 bridgehead atoms. The molecule has 0 aromatic carbocycles. The molecule has 1 atom stereocenters. The van der Waals surface area contributed by atoms with Crippen molar-refractivity contribution in [2.24, 2.45) is 0 Å². The van der Waals surface area contributed by atoms with Crippen molar-refractivity contribution in [1.82, 2.24) is 24.6 Å². The third-order valence-electron chi connectivity index (χ3n) is 4.44. The summed E-state index contributed by atoms with van der Waals surface area (Å²) in [5, 5.41) is 14.4. The van der Waals surface area contributed by atoms with Gasteiger partial charge in [0.1, 0.15) is 12.7 Å². The first-order valence-electron chi connectivity index (χ1n) is 7.74. The first kappa shape index (κ1) is 14.5. The van der Waals surface area contributed by atoms with Crippen molar-refractivity contribution in [3.63, 3.8) is 0 Å². The highest BCUT2D eigenvalue weighted by molar-refractivity contribution is 5.78. The van der Waals surface area contributed by atoms with E-state index in [4.69, 9.17) is 0 Å². The van der Waals surface area contributed by atoms with E-state index in [0.29, 0.717) is 25.6 Å². The topological polar surface area (TPSA) is 74.5 Å². The average Bonchev–Trinajstić information content (AvgIpc) is 3.12. The fraction of sp³-hybridized carbons (Fsp3) is 0.786. The van der Waals surface area contributed by atoms with Crippen molar-refractivity contribution in [3.05, 3.63) is 12.7 Å². The molecule has 2 aliphatic heterocycles. The van der Waals surface area contributed by atoms with Crippen LogP contribution in [0.4, 0.5) is 0 Å². The highest BCUT2D eigenvalue weighted by Crippen LogP contribution is 2.21. The van der Waals surface area contributed by atoms with Crippen LogP contribution in [0.3, 0.4) is 0 Å². The average molecular weight is 293 g/mol. The van der Waals surface area contributed by atoms with Gasteiger partial charge in [0, 0.05) is 39.1 Å². The van der Waals surface area contributed by atoms with Gasteiger partial charge in [-0.3, -0.25) is 4.79 Å². The number of nitrogens with zero attached hydrogens (tertiary/aromatic N) is 5. The van der Waals surface area contributed by atoms with Gasteiger partial charge in [-0.15, -0.1) is 0 Å². The van der Waals surface area contributed by atoms with Crippen molar-refractivity contribution in [3.8, 4) is 0 Å². The number of carbonyl (C=O) groups is 1. The van der Waals surface area contributed by atoms with E-state index in [1.54, 1.807) is 17.6 Å². The van der Waals surface area contributed by atoms with Gasteiger partial charge in [-0.05, 0) is 19.3 Å². The third-order valence-corrected chi connectivity index (χ3v) is 4.44. The van der Waals surface area contributed by atoms with E-state index in [0.717, 1.165) is 38.9 Å². The maximum atomic E-state index is 11.6. The van der Waals surface area contributed by atoms with E-state index in [9.17, 15) is 9.90 Å². The second kappa shape index (κ2) is 6.53. The predicted octanol–water partition coefficient (Wildman–Crippen LogP) is -0.102. The van der Waals surface area contributed by atoms with Crippen LogP contribution in [0.25, 0.3) is 0 Å². The lowest BCUT2D eigenvalue weighted by molar-refractivity contribution is -0.129.